The highest BCUT2D eigenvalue weighted by Gasteiger charge is 2.63. The molecule has 17 heavy (non-hydrogen) atoms. The molecule has 0 aromatic heterocycles. The maximum atomic E-state index is 11.6. The third-order valence-electron chi connectivity index (χ3n) is 5.31. The first-order chi connectivity index (χ1) is 8.00. The van der Waals surface area contributed by atoms with E-state index in [1.807, 2.05) is 0 Å². The van der Waals surface area contributed by atoms with Gasteiger partial charge in [-0.05, 0) is 36.5 Å². The summed E-state index contributed by atoms with van der Waals surface area (Å²) in [5.74, 6) is 2.89. The van der Waals surface area contributed by atoms with E-state index in [0.29, 0.717) is 41.7 Å². The van der Waals surface area contributed by atoms with Gasteiger partial charge in [0.1, 0.15) is 0 Å². The van der Waals surface area contributed by atoms with Crippen molar-refractivity contribution in [3.05, 3.63) is 0 Å². The quantitative estimate of drug-likeness (QED) is 0.790. The summed E-state index contributed by atoms with van der Waals surface area (Å²) in [6.45, 7) is 1.39. The minimum absolute atomic E-state index is 0.123. The van der Waals surface area contributed by atoms with Gasteiger partial charge in [-0.1, -0.05) is 0 Å². The number of rotatable bonds is 3. The monoisotopic (exact) mass is 259 g/mol. The van der Waals surface area contributed by atoms with Crippen LogP contribution >= 0.6 is 0 Å². The molecule has 2 N–H and O–H groups in total. The Morgan fingerprint density at radius 2 is 1.71 bits per heavy atom. The summed E-state index contributed by atoms with van der Waals surface area (Å²) >= 11 is 0. The van der Waals surface area contributed by atoms with Crippen LogP contribution in [0.25, 0.3) is 0 Å². The number of hydrogen-bond donors (Lipinski definition) is 1. The summed E-state index contributed by atoms with van der Waals surface area (Å²) < 4.78 is 28.6. The molecule has 98 valence electrons. The lowest BCUT2D eigenvalue weighted by Gasteiger charge is -2.44. The van der Waals surface area contributed by atoms with Gasteiger partial charge in [0.2, 0.25) is 0 Å². The highest BCUT2D eigenvalue weighted by Crippen LogP contribution is 2.63. The van der Waals surface area contributed by atoms with Crippen molar-refractivity contribution in [1.82, 2.24) is 0 Å². The number of ether oxygens (including phenoxy) is 1. The molecule has 0 unspecified atom stereocenters. The Kier molecular flexibility index (Phi) is 2.58. The maximum Gasteiger partial charge on any atom is 0.150 e. The van der Waals surface area contributed by atoms with E-state index in [1.165, 1.54) is 0 Å². The minimum atomic E-state index is -2.74. The molecule has 0 radical (unpaired) electrons. The van der Waals surface area contributed by atoms with Crippen LogP contribution in [0.4, 0.5) is 0 Å². The van der Waals surface area contributed by atoms with Gasteiger partial charge in [-0.3, -0.25) is 0 Å². The number of methoxy groups -OCH3 is 1. The summed E-state index contributed by atoms with van der Waals surface area (Å²) in [6.07, 6.45) is 2.14. The van der Waals surface area contributed by atoms with E-state index in [9.17, 15) is 8.42 Å². The summed E-state index contributed by atoms with van der Waals surface area (Å²) in [5.41, 5.74) is 6.04. The zero-order valence-electron chi connectivity index (χ0n) is 10.3. The number of hydrogen-bond acceptors (Lipinski definition) is 4. The van der Waals surface area contributed by atoms with Crippen molar-refractivity contribution in [3.63, 3.8) is 0 Å². The van der Waals surface area contributed by atoms with Gasteiger partial charge in [0, 0.05) is 19.1 Å². The Labute approximate surface area is 103 Å². The highest BCUT2D eigenvalue weighted by molar-refractivity contribution is 7.91. The van der Waals surface area contributed by atoms with E-state index in [1.54, 1.807) is 7.11 Å². The fourth-order valence-electron chi connectivity index (χ4n) is 4.61. The third-order valence-corrected chi connectivity index (χ3v) is 7.10. The Morgan fingerprint density at radius 1 is 1.18 bits per heavy atom. The Hall–Kier alpha value is -0.130. The van der Waals surface area contributed by atoms with E-state index < -0.39 is 9.84 Å². The molecular formula is C12H21NO3S. The van der Waals surface area contributed by atoms with Crippen LogP contribution in [0.3, 0.4) is 0 Å². The molecule has 2 saturated carbocycles. The van der Waals surface area contributed by atoms with Crippen molar-refractivity contribution < 1.29 is 13.2 Å². The lowest BCUT2D eigenvalue weighted by molar-refractivity contribution is 0.0462. The van der Waals surface area contributed by atoms with Gasteiger partial charge >= 0.3 is 0 Å². The topological polar surface area (TPSA) is 69.4 Å². The van der Waals surface area contributed by atoms with Gasteiger partial charge in [0.25, 0.3) is 0 Å². The van der Waals surface area contributed by atoms with Gasteiger partial charge in [-0.25, -0.2) is 8.42 Å². The van der Waals surface area contributed by atoms with Crippen molar-refractivity contribution in [3.8, 4) is 0 Å². The number of fused-ring (bicyclic) bond motifs is 4. The Bertz CT molecular complexity index is 393. The van der Waals surface area contributed by atoms with Gasteiger partial charge in [0.05, 0.1) is 18.1 Å². The summed E-state index contributed by atoms with van der Waals surface area (Å²) in [6, 6.07) is 0. The van der Waals surface area contributed by atoms with Crippen LogP contribution in [0.5, 0.6) is 0 Å². The average molecular weight is 259 g/mol. The standard InChI is InChI=1S/C12H21NO3S/c1-16-7-12(6-13)2-8-9(3-12)11-5-17(14,15)4-10(8)11/h8-11H,2-7,13H2,1H3/t8-,9-,10-,11-/m0/s1. The van der Waals surface area contributed by atoms with E-state index >= 15 is 0 Å². The lowest BCUT2D eigenvalue weighted by atomic mass is 9.60. The fraction of sp³-hybridized carbons (Fsp3) is 1.00. The molecule has 1 saturated heterocycles. The van der Waals surface area contributed by atoms with Crippen LogP contribution in [-0.2, 0) is 14.6 Å². The van der Waals surface area contributed by atoms with Crippen LogP contribution < -0.4 is 5.73 Å². The first kappa shape index (κ1) is 11.9. The smallest absolute Gasteiger partial charge is 0.150 e. The molecule has 3 fully saturated rings. The number of nitrogens with two attached hydrogens (primary N) is 1. The van der Waals surface area contributed by atoms with Crippen molar-refractivity contribution in [2.45, 2.75) is 12.8 Å². The SMILES string of the molecule is COCC1(CN)C[C@H]2[C@H](C1)[C@@H]1CS(=O)(=O)C[C@@H]21. The minimum Gasteiger partial charge on any atom is -0.384 e. The van der Waals surface area contributed by atoms with E-state index in [2.05, 4.69) is 0 Å². The second kappa shape index (κ2) is 3.68. The molecule has 4 nitrogen and oxygen atoms in total. The van der Waals surface area contributed by atoms with Gasteiger partial charge in [-0.2, -0.15) is 0 Å². The molecule has 3 aliphatic rings. The van der Waals surface area contributed by atoms with Crippen molar-refractivity contribution in [2.24, 2.45) is 34.8 Å². The largest absolute Gasteiger partial charge is 0.384 e. The lowest BCUT2D eigenvalue weighted by Crippen LogP contribution is -2.42. The Balaban J connectivity index is 1.76. The fourth-order valence-corrected chi connectivity index (χ4v) is 6.91. The Morgan fingerprint density at radius 3 is 2.12 bits per heavy atom. The van der Waals surface area contributed by atoms with Crippen LogP contribution in [0.15, 0.2) is 0 Å². The van der Waals surface area contributed by atoms with E-state index in [0.717, 1.165) is 19.4 Å². The zero-order chi connectivity index (χ0) is 12.3. The predicted octanol–water partition coefficient (Wildman–Crippen LogP) is 0.279. The van der Waals surface area contributed by atoms with Crippen molar-refractivity contribution >= 4 is 9.84 Å². The molecule has 0 spiro atoms. The molecule has 0 aromatic rings. The number of sulfone groups is 1. The highest BCUT2D eigenvalue weighted by atomic mass is 32.2. The summed E-state index contributed by atoms with van der Waals surface area (Å²) in [5, 5.41) is 0. The first-order valence-corrected chi connectivity index (χ1v) is 8.22. The van der Waals surface area contributed by atoms with Gasteiger partial charge in [0.15, 0.2) is 9.84 Å². The second-order valence-electron chi connectivity index (χ2n) is 6.28. The van der Waals surface area contributed by atoms with Crippen LogP contribution in [0, 0.1) is 29.1 Å². The van der Waals surface area contributed by atoms with E-state index in [4.69, 9.17) is 10.5 Å². The molecule has 2 aliphatic carbocycles. The first-order valence-electron chi connectivity index (χ1n) is 6.40. The maximum absolute atomic E-state index is 11.6. The zero-order valence-corrected chi connectivity index (χ0v) is 11.1. The van der Waals surface area contributed by atoms with Crippen LogP contribution in [0.2, 0.25) is 0 Å². The average Bonchev–Trinajstić information content (AvgIpc) is 2.74. The molecule has 1 aliphatic heterocycles. The molecule has 4 atom stereocenters. The molecule has 0 aromatic carbocycles. The third kappa shape index (κ3) is 1.66. The van der Waals surface area contributed by atoms with Crippen LogP contribution in [-0.4, -0.2) is 40.2 Å². The molecule has 0 amide bonds. The molecule has 5 heteroatoms. The van der Waals surface area contributed by atoms with Crippen molar-refractivity contribution in [2.75, 3.05) is 31.8 Å². The summed E-state index contributed by atoms with van der Waals surface area (Å²) in [7, 11) is -1.02. The molecule has 0 bridgehead atoms. The van der Waals surface area contributed by atoms with Crippen molar-refractivity contribution in [1.29, 1.82) is 0 Å². The normalized spacial score (nSPS) is 50.7. The second-order valence-corrected chi connectivity index (χ2v) is 8.43. The van der Waals surface area contributed by atoms with Gasteiger partial charge < -0.3 is 10.5 Å². The van der Waals surface area contributed by atoms with E-state index in [-0.39, 0.29) is 5.41 Å². The van der Waals surface area contributed by atoms with Crippen LogP contribution in [0.1, 0.15) is 12.8 Å². The molecule has 3 rings (SSSR count). The van der Waals surface area contributed by atoms with Gasteiger partial charge in [-0.15, -0.1) is 0 Å². The molecule has 1 heterocycles. The predicted molar refractivity (Wildman–Crippen MR) is 65.2 cm³/mol. The summed E-state index contributed by atoms with van der Waals surface area (Å²) in [4.78, 5) is 0. The molecular weight excluding hydrogens is 238 g/mol.